The molecule has 1 N–H and O–H groups in total. The second kappa shape index (κ2) is 7.60. The number of para-hydroxylation sites is 1. The summed E-state index contributed by atoms with van der Waals surface area (Å²) >= 11 is 0. The third-order valence-electron chi connectivity index (χ3n) is 4.92. The van der Waals surface area contributed by atoms with Crippen molar-refractivity contribution in [1.82, 2.24) is 0 Å². The highest BCUT2D eigenvalue weighted by molar-refractivity contribution is 6.09. The molecule has 0 radical (unpaired) electrons. The van der Waals surface area contributed by atoms with Gasteiger partial charge in [0.1, 0.15) is 18.1 Å². The lowest BCUT2D eigenvalue weighted by atomic mass is 9.88. The van der Waals surface area contributed by atoms with Crippen LogP contribution >= 0.6 is 0 Å². The molecule has 146 valence electrons. The van der Waals surface area contributed by atoms with Gasteiger partial charge in [0.05, 0.1) is 12.2 Å². The predicted octanol–water partition coefficient (Wildman–Crippen LogP) is 3.58. The average molecular weight is 379 g/mol. The minimum absolute atomic E-state index is 0.238. The van der Waals surface area contributed by atoms with Gasteiger partial charge in [0.2, 0.25) is 0 Å². The molecule has 5 heteroatoms. The number of hydrogen-bond acceptors (Lipinski definition) is 4. The van der Waals surface area contributed by atoms with Gasteiger partial charge in [0.25, 0.3) is 5.91 Å². The van der Waals surface area contributed by atoms with Gasteiger partial charge in [0, 0.05) is 17.5 Å². The molecule has 1 aliphatic heterocycles. The van der Waals surface area contributed by atoms with Gasteiger partial charge in [-0.2, -0.15) is 0 Å². The van der Waals surface area contributed by atoms with Crippen LogP contribution in [0.3, 0.4) is 0 Å². The first-order valence-electron chi connectivity index (χ1n) is 9.25. The van der Waals surface area contributed by atoms with E-state index in [1.165, 1.54) is 6.92 Å². The minimum Gasteiger partial charge on any atom is -0.489 e. The van der Waals surface area contributed by atoms with Gasteiger partial charge in [-0.05, 0) is 32.4 Å². The van der Waals surface area contributed by atoms with Crippen LogP contribution in [0.5, 0.6) is 5.75 Å². The normalized spacial score (nSPS) is 18.1. The molecular weight excluding hydrogens is 354 g/mol. The van der Waals surface area contributed by atoms with Crippen molar-refractivity contribution >= 4 is 17.4 Å². The van der Waals surface area contributed by atoms with Crippen LogP contribution in [0.25, 0.3) is 0 Å². The number of Topliss-reactive ketones (excluding diaryl/α,β-unsaturated/α-hetero) is 1. The Morgan fingerprint density at radius 1 is 1.29 bits per heavy atom. The first kappa shape index (κ1) is 19.8. The summed E-state index contributed by atoms with van der Waals surface area (Å²) < 4.78 is 5.71. The Hall–Kier alpha value is -2.92. The summed E-state index contributed by atoms with van der Waals surface area (Å²) in [6, 6.07) is 11.2. The topological polar surface area (TPSA) is 66.8 Å². The zero-order valence-corrected chi connectivity index (χ0v) is 16.5. The summed E-state index contributed by atoms with van der Waals surface area (Å²) in [6.07, 6.45) is 1.42. The van der Waals surface area contributed by atoms with Crippen LogP contribution in [0.15, 0.2) is 49.1 Å². The number of aliphatic hydroxyl groups is 1. The quantitative estimate of drug-likeness (QED) is 0.747. The van der Waals surface area contributed by atoms with Crippen LogP contribution in [-0.4, -0.2) is 23.4 Å². The largest absolute Gasteiger partial charge is 0.489 e. The number of ether oxygens (including phenoxy) is 1. The molecule has 0 bridgehead atoms. The molecule has 0 aliphatic carbocycles. The summed E-state index contributed by atoms with van der Waals surface area (Å²) in [5, 5.41) is 11.2. The predicted molar refractivity (Wildman–Crippen MR) is 108 cm³/mol. The Balaban J connectivity index is 2.08. The Morgan fingerprint density at radius 3 is 2.68 bits per heavy atom. The van der Waals surface area contributed by atoms with Gasteiger partial charge in [-0.3, -0.25) is 9.59 Å². The second-order valence-electron chi connectivity index (χ2n) is 7.32. The van der Waals surface area contributed by atoms with Gasteiger partial charge in [-0.1, -0.05) is 48.6 Å². The third kappa shape index (κ3) is 3.45. The summed E-state index contributed by atoms with van der Waals surface area (Å²) in [6.45, 7) is 9.46. The number of rotatable bonds is 7. The van der Waals surface area contributed by atoms with Gasteiger partial charge >= 0.3 is 0 Å². The van der Waals surface area contributed by atoms with E-state index in [4.69, 9.17) is 4.74 Å². The second-order valence-corrected chi connectivity index (χ2v) is 7.32. The molecule has 1 heterocycles. The van der Waals surface area contributed by atoms with Gasteiger partial charge in [0.15, 0.2) is 5.60 Å². The molecule has 28 heavy (non-hydrogen) atoms. The van der Waals surface area contributed by atoms with Crippen molar-refractivity contribution in [2.75, 3.05) is 11.5 Å². The maximum atomic E-state index is 13.3. The number of aryl methyl sites for hydroxylation is 2. The van der Waals surface area contributed by atoms with Gasteiger partial charge in [-0.25, -0.2) is 0 Å². The number of amides is 1. The lowest BCUT2D eigenvalue weighted by Gasteiger charge is -2.23. The molecule has 2 aromatic rings. The molecule has 1 amide bonds. The summed E-state index contributed by atoms with van der Waals surface area (Å²) in [5.74, 6) is -0.0639. The van der Waals surface area contributed by atoms with E-state index < -0.39 is 11.5 Å². The van der Waals surface area contributed by atoms with Crippen LogP contribution in [0.1, 0.15) is 35.6 Å². The van der Waals surface area contributed by atoms with Crippen molar-refractivity contribution in [2.45, 2.75) is 39.3 Å². The lowest BCUT2D eigenvalue weighted by molar-refractivity contribution is -0.141. The van der Waals surface area contributed by atoms with Crippen LogP contribution in [0.2, 0.25) is 0 Å². The maximum absolute atomic E-state index is 13.3. The molecule has 1 aliphatic rings. The molecule has 0 saturated carbocycles. The fourth-order valence-corrected chi connectivity index (χ4v) is 3.85. The number of benzene rings is 2. The van der Waals surface area contributed by atoms with Gasteiger partial charge < -0.3 is 14.7 Å². The fourth-order valence-electron chi connectivity index (χ4n) is 3.85. The van der Waals surface area contributed by atoms with Gasteiger partial charge in [-0.15, -0.1) is 0 Å². The molecule has 0 spiro atoms. The van der Waals surface area contributed by atoms with Crippen LogP contribution < -0.4 is 9.64 Å². The Bertz CT molecular complexity index is 950. The number of fused-ring (bicyclic) bond motifs is 1. The highest BCUT2D eigenvalue weighted by Gasteiger charge is 2.51. The van der Waals surface area contributed by atoms with Crippen LogP contribution in [0, 0.1) is 13.8 Å². The monoisotopic (exact) mass is 379 g/mol. The molecule has 0 fully saturated rings. The van der Waals surface area contributed by atoms with E-state index in [2.05, 4.69) is 6.58 Å². The average Bonchev–Trinajstić information content (AvgIpc) is 2.82. The fraction of sp³-hybridized carbons (Fsp3) is 0.304. The number of carbonyl (C=O) groups is 2. The lowest BCUT2D eigenvalue weighted by Crippen LogP contribution is -2.41. The van der Waals surface area contributed by atoms with E-state index in [9.17, 15) is 14.7 Å². The van der Waals surface area contributed by atoms with Crippen molar-refractivity contribution in [3.63, 3.8) is 0 Å². The van der Waals surface area contributed by atoms with Crippen molar-refractivity contribution in [1.29, 1.82) is 0 Å². The highest BCUT2D eigenvalue weighted by Crippen LogP contribution is 2.46. The Morgan fingerprint density at radius 2 is 2.00 bits per heavy atom. The minimum atomic E-state index is -1.84. The Labute approximate surface area is 165 Å². The van der Waals surface area contributed by atoms with E-state index in [0.717, 1.165) is 16.7 Å². The van der Waals surface area contributed by atoms with Crippen molar-refractivity contribution in [3.05, 3.63) is 71.3 Å². The number of hydrogen-bond donors (Lipinski definition) is 1. The smallest absolute Gasteiger partial charge is 0.264 e. The number of ketones is 1. The summed E-state index contributed by atoms with van der Waals surface area (Å²) in [5.41, 5.74) is 1.95. The molecular formula is C23H25NO4. The van der Waals surface area contributed by atoms with E-state index >= 15 is 0 Å². The number of anilines is 1. The standard InChI is InChI=1S/C23H25NO4/c1-5-10-28-20-9-7-6-8-18(20)14-24-21-16(3)11-15(2)12-19(21)23(27,22(24)26)13-17(4)25/h5-9,11-12,27H,1,10,13-14H2,2-4H3/t23-/m0/s1. The van der Waals surface area contributed by atoms with E-state index in [0.29, 0.717) is 23.6 Å². The van der Waals surface area contributed by atoms with E-state index in [-0.39, 0.29) is 18.7 Å². The van der Waals surface area contributed by atoms with Crippen molar-refractivity contribution < 1.29 is 19.4 Å². The molecule has 2 aromatic carbocycles. The summed E-state index contributed by atoms with van der Waals surface area (Å²) in [4.78, 5) is 26.6. The zero-order chi connectivity index (χ0) is 20.5. The molecule has 0 saturated heterocycles. The van der Waals surface area contributed by atoms with E-state index in [1.807, 2.05) is 44.2 Å². The van der Waals surface area contributed by atoms with Crippen LogP contribution in [0.4, 0.5) is 5.69 Å². The molecule has 0 unspecified atom stereocenters. The molecule has 5 nitrogen and oxygen atoms in total. The molecule has 3 rings (SSSR count). The SMILES string of the molecule is C=CCOc1ccccc1CN1C(=O)[C@](O)(CC(C)=O)c2cc(C)cc(C)c21. The zero-order valence-electron chi connectivity index (χ0n) is 16.5. The summed E-state index contributed by atoms with van der Waals surface area (Å²) in [7, 11) is 0. The maximum Gasteiger partial charge on any atom is 0.264 e. The van der Waals surface area contributed by atoms with Crippen LogP contribution in [-0.2, 0) is 21.7 Å². The van der Waals surface area contributed by atoms with E-state index in [1.54, 1.807) is 17.0 Å². The first-order valence-corrected chi connectivity index (χ1v) is 9.25. The number of nitrogens with zero attached hydrogens (tertiary/aromatic N) is 1. The Kier molecular flexibility index (Phi) is 5.38. The number of carbonyl (C=O) groups excluding carboxylic acids is 2. The highest BCUT2D eigenvalue weighted by atomic mass is 16.5. The van der Waals surface area contributed by atoms with Crippen molar-refractivity contribution in [3.8, 4) is 5.75 Å². The molecule has 1 atom stereocenters. The molecule has 0 aromatic heterocycles. The third-order valence-corrected chi connectivity index (χ3v) is 4.92. The van der Waals surface area contributed by atoms with Crippen molar-refractivity contribution in [2.24, 2.45) is 0 Å². The first-order chi connectivity index (χ1) is 13.3.